The maximum atomic E-state index is 12.9. The Labute approximate surface area is 179 Å². The maximum absolute atomic E-state index is 12.9. The number of aryl methyl sites for hydroxylation is 1. The lowest BCUT2D eigenvalue weighted by Crippen LogP contribution is -2.31. The Morgan fingerprint density at radius 3 is 2.17 bits per heavy atom. The van der Waals surface area contributed by atoms with E-state index in [9.17, 15) is 13.2 Å². The van der Waals surface area contributed by atoms with E-state index in [-0.39, 0.29) is 17.2 Å². The van der Waals surface area contributed by atoms with Gasteiger partial charge in [-0.05, 0) is 48.9 Å². The monoisotopic (exact) mass is 472 g/mol. The van der Waals surface area contributed by atoms with Crippen molar-refractivity contribution < 1.29 is 13.2 Å². The first-order chi connectivity index (χ1) is 13.8. The fraction of sp³-hybridized carbons (Fsp3) is 0.136. The van der Waals surface area contributed by atoms with E-state index < -0.39 is 16.1 Å². The Morgan fingerprint density at radius 1 is 0.931 bits per heavy atom. The lowest BCUT2D eigenvalue weighted by Gasteiger charge is -2.19. The van der Waals surface area contributed by atoms with Gasteiger partial charge in [0.15, 0.2) is 0 Å². The minimum absolute atomic E-state index is 0.0365. The summed E-state index contributed by atoms with van der Waals surface area (Å²) < 4.78 is 29.3. The number of sulfonamides is 1. The van der Waals surface area contributed by atoms with Gasteiger partial charge in [0.05, 0.1) is 10.9 Å². The molecule has 0 aromatic heterocycles. The lowest BCUT2D eigenvalue weighted by molar-refractivity contribution is -0.116. The number of hydrogen-bond acceptors (Lipinski definition) is 3. The van der Waals surface area contributed by atoms with Crippen molar-refractivity contribution in [2.24, 2.45) is 0 Å². The minimum Gasteiger partial charge on any atom is -0.326 e. The molecule has 3 rings (SSSR count). The molecule has 0 spiro atoms. The molecule has 0 bridgehead atoms. The van der Waals surface area contributed by atoms with Gasteiger partial charge in [-0.3, -0.25) is 4.79 Å². The molecule has 5 nitrogen and oxygen atoms in total. The average Bonchev–Trinajstić information content (AvgIpc) is 2.70. The van der Waals surface area contributed by atoms with Gasteiger partial charge in [-0.15, -0.1) is 0 Å². The van der Waals surface area contributed by atoms with Crippen molar-refractivity contribution in [3.63, 3.8) is 0 Å². The van der Waals surface area contributed by atoms with Crippen molar-refractivity contribution in [1.29, 1.82) is 0 Å². The molecule has 7 heteroatoms. The summed E-state index contributed by atoms with van der Waals surface area (Å²) in [6, 6.07) is 22.2. The summed E-state index contributed by atoms with van der Waals surface area (Å²) in [5.74, 6) is -0.284. The zero-order valence-corrected chi connectivity index (χ0v) is 18.2. The molecule has 1 atom stereocenters. The predicted molar refractivity (Wildman–Crippen MR) is 118 cm³/mol. The first-order valence-electron chi connectivity index (χ1n) is 9.03. The SMILES string of the molecule is Cc1ccc(S(=O)(=O)N[C@@H](CC(=O)Nc2ccc(Br)cc2)c2ccccc2)cc1. The molecular weight excluding hydrogens is 452 g/mol. The van der Waals surface area contributed by atoms with Crippen LogP contribution in [0.25, 0.3) is 0 Å². The number of carbonyl (C=O) groups is 1. The van der Waals surface area contributed by atoms with Crippen LogP contribution in [0.2, 0.25) is 0 Å². The van der Waals surface area contributed by atoms with Gasteiger partial charge in [0.1, 0.15) is 0 Å². The van der Waals surface area contributed by atoms with E-state index in [0.717, 1.165) is 10.0 Å². The van der Waals surface area contributed by atoms with Crippen LogP contribution in [0.1, 0.15) is 23.6 Å². The number of hydrogen-bond donors (Lipinski definition) is 2. The molecule has 1 amide bonds. The Balaban J connectivity index is 1.80. The number of amides is 1. The van der Waals surface area contributed by atoms with E-state index >= 15 is 0 Å². The molecule has 150 valence electrons. The highest BCUT2D eigenvalue weighted by Gasteiger charge is 2.23. The summed E-state index contributed by atoms with van der Waals surface area (Å²) in [6.07, 6.45) is -0.0365. The number of anilines is 1. The van der Waals surface area contributed by atoms with Gasteiger partial charge in [0.25, 0.3) is 0 Å². The van der Waals surface area contributed by atoms with Gasteiger partial charge in [-0.1, -0.05) is 64.0 Å². The topological polar surface area (TPSA) is 75.3 Å². The third-order valence-electron chi connectivity index (χ3n) is 4.35. The van der Waals surface area contributed by atoms with E-state index in [1.165, 1.54) is 0 Å². The minimum atomic E-state index is -3.78. The molecule has 29 heavy (non-hydrogen) atoms. The molecule has 2 N–H and O–H groups in total. The number of rotatable bonds is 7. The summed E-state index contributed by atoms with van der Waals surface area (Å²) in [5, 5.41) is 2.81. The molecule has 3 aromatic carbocycles. The van der Waals surface area contributed by atoms with Gasteiger partial charge < -0.3 is 5.32 Å². The van der Waals surface area contributed by atoms with Crippen molar-refractivity contribution in [1.82, 2.24) is 4.72 Å². The number of carbonyl (C=O) groups excluding carboxylic acids is 1. The van der Waals surface area contributed by atoms with Gasteiger partial charge in [-0.2, -0.15) is 0 Å². The van der Waals surface area contributed by atoms with Crippen LogP contribution in [0.4, 0.5) is 5.69 Å². The Bertz CT molecular complexity index is 1070. The van der Waals surface area contributed by atoms with Gasteiger partial charge in [-0.25, -0.2) is 13.1 Å². The van der Waals surface area contributed by atoms with Crippen LogP contribution < -0.4 is 10.0 Å². The van der Waals surface area contributed by atoms with Crippen LogP contribution in [0.3, 0.4) is 0 Å². The lowest BCUT2D eigenvalue weighted by atomic mass is 10.0. The first kappa shape index (κ1) is 21.2. The average molecular weight is 473 g/mol. The molecule has 0 radical (unpaired) electrons. The first-order valence-corrected chi connectivity index (χ1v) is 11.3. The second kappa shape index (κ2) is 9.35. The zero-order chi connectivity index (χ0) is 20.9. The largest absolute Gasteiger partial charge is 0.326 e. The second-order valence-corrected chi connectivity index (χ2v) is 9.29. The molecule has 0 fully saturated rings. The van der Waals surface area contributed by atoms with Crippen molar-refractivity contribution >= 4 is 37.5 Å². The summed E-state index contributed by atoms with van der Waals surface area (Å²) in [7, 11) is -3.78. The van der Waals surface area contributed by atoms with E-state index in [1.54, 1.807) is 48.5 Å². The van der Waals surface area contributed by atoms with Crippen LogP contribution in [-0.2, 0) is 14.8 Å². The normalized spacial score (nSPS) is 12.3. The van der Waals surface area contributed by atoms with Gasteiger partial charge >= 0.3 is 0 Å². The van der Waals surface area contributed by atoms with Crippen molar-refractivity contribution in [2.45, 2.75) is 24.3 Å². The van der Waals surface area contributed by atoms with Crippen LogP contribution in [-0.4, -0.2) is 14.3 Å². The maximum Gasteiger partial charge on any atom is 0.241 e. The Morgan fingerprint density at radius 2 is 1.55 bits per heavy atom. The molecule has 0 aliphatic carbocycles. The Kier molecular flexibility index (Phi) is 6.84. The summed E-state index contributed by atoms with van der Waals surface area (Å²) in [4.78, 5) is 12.8. The van der Waals surface area contributed by atoms with Crippen molar-refractivity contribution in [3.05, 3.63) is 94.5 Å². The third-order valence-corrected chi connectivity index (χ3v) is 6.36. The molecule has 0 aliphatic heterocycles. The highest BCUT2D eigenvalue weighted by molar-refractivity contribution is 9.10. The fourth-order valence-electron chi connectivity index (χ4n) is 2.82. The quantitative estimate of drug-likeness (QED) is 0.518. The third kappa shape index (κ3) is 6.00. The zero-order valence-electron chi connectivity index (χ0n) is 15.8. The number of benzene rings is 3. The molecule has 0 unspecified atom stereocenters. The molecule has 0 aliphatic rings. The van der Waals surface area contributed by atoms with Crippen LogP contribution in [0.15, 0.2) is 88.2 Å². The molecule has 0 saturated carbocycles. The second-order valence-electron chi connectivity index (χ2n) is 6.66. The molecule has 0 heterocycles. The Hall–Kier alpha value is -2.48. The van der Waals surface area contributed by atoms with Crippen LogP contribution in [0, 0.1) is 6.92 Å². The van der Waals surface area contributed by atoms with E-state index in [2.05, 4.69) is 26.0 Å². The standard InChI is InChI=1S/C22H21BrN2O3S/c1-16-7-13-20(14-8-16)29(27,28)25-21(17-5-3-2-4-6-17)15-22(26)24-19-11-9-18(23)10-12-19/h2-14,21,25H,15H2,1H3,(H,24,26)/t21-/m0/s1. The van der Waals surface area contributed by atoms with Crippen molar-refractivity contribution in [2.75, 3.05) is 5.32 Å². The molecule has 0 saturated heterocycles. The summed E-state index contributed by atoms with van der Waals surface area (Å²) in [5.41, 5.74) is 2.33. The number of nitrogens with one attached hydrogen (secondary N) is 2. The van der Waals surface area contributed by atoms with Crippen LogP contribution in [0.5, 0.6) is 0 Å². The summed E-state index contributed by atoms with van der Waals surface area (Å²) >= 11 is 3.35. The molecular formula is C22H21BrN2O3S. The highest BCUT2D eigenvalue weighted by Crippen LogP contribution is 2.22. The smallest absolute Gasteiger partial charge is 0.241 e. The fourth-order valence-corrected chi connectivity index (χ4v) is 4.31. The van der Waals surface area contributed by atoms with Crippen molar-refractivity contribution in [3.8, 4) is 0 Å². The van der Waals surface area contributed by atoms with Crippen LogP contribution >= 0.6 is 15.9 Å². The predicted octanol–water partition coefficient (Wildman–Crippen LogP) is 4.81. The summed E-state index contributed by atoms with van der Waals surface area (Å²) in [6.45, 7) is 1.89. The van der Waals surface area contributed by atoms with E-state index in [4.69, 9.17) is 0 Å². The van der Waals surface area contributed by atoms with Gasteiger partial charge in [0, 0.05) is 16.6 Å². The number of halogens is 1. The highest BCUT2D eigenvalue weighted by atomic mass is 79.9. The van der Waals surface area contributed by atoms with Gasteiger partial charge in [0.2, 0.25) is 15.9 Å². The molecule has 3 aromatic rings. The van der Waals surface area contributed by atoms with E-state index in [1.807, 2.05) is 37.3 Å². The van der Waals surface area contributed by atoms with E-state index in [0.29, 0.717) is 11.3 Å².